The van der Waals surface area contributed by atoms with Crippen LogP contribution in [0.1, 0.15) is 12.5 Å². The summed E-state index contributed by atoms with van der Waals surface area (Å²) >= 11 is 5.91. The first kappa shape index (κ1) is 19.6. The zero-order valence-corrected chi connectivity index (χ0v) is 16.1. The van der Waals surface area contributed by atoms with E-state index in [9.17, 15) is 14.4 Å². The Bertz CT molecular complexity index is 936. The number of nitrogens with one attached hydrogen (secondary N) is 2. The normalized spacial score (nSPS) is 18.8. The van der Waals surface area contributed by atoms with Crippen LogP contribution in [0.2, 0.25) is 5.15 Å². The lowest BCUT2D eigenvalue weighted by Crippen LogP contribution is -2.46. The molecule has 0 saturated carbocycles. The lowest BCUT2D eigenvalue weighted by atomic mass is 9.92. The van der Waals surface area contributed by atoms with E-state index in [2.05, 4.69) is 15.6 Å². The highest BCUT2D eigenvalue weighted by Crippen LogP contribution is 2.27. The molecule has 2 aromatic rings. The number of anilines is 1. The Kier molecular flexibility index (Phi) is 5.51. The fourth-order valence-corrected chi connectivity index (χ4v) is 3.22. The van der Waals surface area contributed by atoms with Crippen molar-refractivity contribution in [3.8, 4) is 5.75 Å². The third kappa shape index (κ3) is 3.91. The molecule has 1 saturated heterocycles. The number of nitrogens with zero attached hydrogens (tertiary/aromatic N) is 2. The van der Waals surface area contributed by atoms with Gasteiger partial charge < -0.3 is 15.4 Å². The standard InChI is InChI=1S/C19H19ClN4O4/c1-19(10-12-6-3-4-8-14(12)28-2)17(26)24(18(27)23-19)11-15(25)22-13-7-5-9-21-16(13)20/h3-9H,10-11H2,1-2H3,(H,22,25)(H,23,27)/t19-/m0/s1. The van der Waals surface area contributed by atoms with Crippen LogP contribution in [-0.2, 0) is 16.0 Å². The van der Waals surface area contributed by atoms with E-state index in [4.69, 9.17) is 16.3 Å². The summed E-state index contributed by atoms with van der Waals surface area (Å²) in [7, 11) is 1.54. The second-order valence-corrected chi connectivity index (χ2v) is 6.89. The van der Waals surface area contributed by atoms with Crippen LogP contribution < -0.4 is 15.4 Å². The van der Waals surface area contributed by atoms with Crippen molar-refractivity contribution in [3.63, 3.8) is 0 Å². The number of imide groups is 1. The molecule has 1 atom stereocenters. The maximum absolute atomic E-state index is 12.9. The molecule has 3 rings (SSSR count). The van der Waals surface area contributed by atoms with Crippen LogP contribution in [-0.4, -0.2) is 46.9 Å². The number of para-hydroxylation sites is 1. The third-order valence-corrected chi connectivity index (χ3v) is 4.72. The Balaban J connectivity index is 1.72. The second-order valence-electron chi connectivity index (χ2n) is 6.53. The highest BCUT2D eigenvalue weighted by Gasteiger charge is 2.48. The van der Waals surface area contributed by atoms with Crippen LogP contribution in [0.5, 0.6) is 5.75 Å². The summed E-state index contributed by atoms with van der Waals surface area (Å²) in [6.45, 7) is 1.19. The van der Waals surface area contributed by atoms with Crippen molar-refractivity contribution in [2.75, 3.05) is 19.0 Å². The van der Waals surface area contributed by atoms with Crippen LogP contribution in [0.25, 0.3) is 0 Å². The number of urea groups is 1. The van der Waals surface area contributed by atoms with Gasteiger partial charge in [-0.15, -0.1) is 0 Å². The number of aromatic nitrogens is 1. The number of ether oxygens (including phenoxy) is 1. The number of halogens is 1. The lowest BCUT2D eigenvalue weighted by molar-refractivity contribution is -0.133. The van der Waals surface area contributed by atoms with Crippen molar-refractivity contribution < 1.29 is 19.1 Å². The van der Waals surface area contributed by atoms with Crippen molar-refractivity contribution >= 4 is 35.1 Å². The molecule has 1 fully saturated rings. The molecular formula is C19H19ClN4O4. The van der Waals surface area contributed by atoms with E-state index in [1.54, 1.807) is 25.1 Å². The molecule has 0 spiro atoms. The Morgan fingerprint density at radius 2 is 2.04 bits per heavy atom. The molecule has 2 N–H and O–H groups in total. The van der Waals surface area contributed by atoms with Gasteiger partial charge in [-0.3, -0.25) is 14.5 Å². The molecule has 1 aromatic carbocycles. The average molecular weight is 403 g/mol. The van der Waals surface area contributed by atoms with E-state index in [0.29, 0.717) is 11.4 Å². The first-order chi connectivity index (χ1) is 13.3. The number of carbonyl (C=O) groups excluding carboxylic acids is 3. The average Bonchev–Trinajstić information content (AvgIpc) is 2.87. The molecule has 1 aliphatic rings. The summed E-state index contributed by atoms with van der Waals surface area (Å²) in [6, 6.07) is 9.80. The Labute approximate surface area is 166 Å². The zero-order valence-electron chi connectivity index (χ0n) is 15.4. The van der Waals surface area contributed by atoms with Gasteiger partial charge >= 0.3 is 6.03 Å². The van der Waals surface area contributed by atoms with Gasteiger partial charge in [0.25, 0.3) is 5.91 Å². The van der Waals surface area contributed by atoms with E-state index < -0.39 is 29.9 Å². The number of hydrogen-bond acceptors (Lipinski definition) is 5. The van der Waals surface area contributed by atoms with Gasteiger partial charge in [0.1, 0.15) is 17.8 Å². The quantitative estimate of drug-likeness (QED) is 0.570. The Morgan fingerprint density at radius 3 is 2.75 bits per heavy atom. The van der Waals surface area contributed by atoms with Gasteiger partial charge in [-0.05, 0) is 30.7 Å². The number of pyridine rings is 1. The summed E-state index contributed by atoms with van der Waals surface area (Å²) in [5.41, 5.74) is -0.106. The highest BCUT2D eigenvalue weighted by atomic mass is 35.5. The number of carbonyl (C=O) groups is 3. The molecule has 8 nitrogen and oxygen atoms in total. The SMILES string of the molecule is COc1ccccc1C[C@]1(C)NC(=O)N(CC(=O)Nc2cccnc2Cl)C1=O. The van der Waals surface area contributed by atoms with Gasteiger partial charge in [0.15, 0.2) is 5.15 Å². The molecule has 0 radical (unpaired) electrons. The van der Waals surface area contributed by atoms with Crippen molar-refractivity contribution in [1.29, 1.82) is 0 Å². The van der Waals surface area contributed by atoms with E-state index in [1.165, 1.54) is 13.3 Å². The Hall–Kier alpha value is -3.13. The molecule has 0 bridgehead atoms. The predicted molar refractivity (Wildman–Crippen MR) is 103 cm³/mol. The summed E-state index contributed by atoms with van der Waals surface area (Å²) in [5, 5.41) is 5.34. The first-order valence-corrected chi connectivity index (χ1v) is 8.88. The molecule has 0 unspecified atom stereocenters. The van der Waals surface area contributed by atoms with Crippen molar-refractivity contribution in [1.82, 2.24) is 15.2 Å². The minimum atomic E-state index is -1.18. The largest absolute Gasteiger partial charge is 0.496 e. The fraction of sp³-hybridized carbons (Fsp3) is 0.263. The summed E-state index contributed by atoms with van der Waals surface area (Å²) in [4.78, 5) is 42.3. The number of methoxy groups -OCH3 is 1. The van der Waals surface area contributed by atoms with Crippen LogP contribution in [0.15, 0.2) is 42.6 Å². The van der Waals surface area contributed by atoms with Crippen molar-refractivity contribution in [2.45, 2.75) is 18.9 Å². The van der Waals surface area contributed by atoms with Gasteiger partial charge in [0.05, 0.1) is 12.8 Å². The van der Waals surface area contributed by atoms with Crippen LogP contribution >= 0.6 is 11.6 Å². The molecule has 1 aliphatic heterocycles. The molecule has 9 heteroatoms. The van der Waals surface area contributed by atoms with Crippen LogP contribution in [0, 0.1) is 0 Å². The monoisotopic (exact) mass is 402 g/mol. The van der Waals surface area contributed by atoms with Gasteiger partial charge in [-0.1, -0.05) is 29.8 Å². The maximum atomic E-state index is 12.9. The maximum Gasteiger partial charge on any atom is 0.325 e. The smallest absolute Gasteiger partial charge is 0.325 e. The van der Waals surface area contributed by atoms with Gasteiger partial charge in [0.2, 0.25) is 5.91 Å². The predicted octanol–water partition coefficient (Wildman–Crippen LogP) is 2.24. The minimum absolute atomic E-state index is 0.120. The number of amides is 4. The molecule has 1 aromatic heterocycles. The summed E-state index contributed by atoms with van der Waals surface area (Å²) in [5.74, 6) is -0.427. The van der Waals surface area contributed by atoms with Crippen molar-refractivity contribution in [3.05, 3.63) is 53.3 Å². The highest BCUT2D eigenvalue weighted by molar-refractivity contribution is 6.32. The molecule has 0 aliphatic carbocycles. The van der Waals surface area contributed by atoms with E-state index in [0.717, 1.165) is 10.5 Å². The van der Waals surface area contributed by atoms with E-state index in [1.807, 2.05) is 18.2 Å². The van der Waals surface area contributed by atoms with Gasteiger partial charge in [0, 0.05) is 12.6 Å². The van der Waals surface area contributed by atoms with Crippen LogP contribution in [0.3, 0.4) is 0 Å². The molecule has 4 amide bonds. The van der Waals surface area contributed by atoms with Crippen LogP contribution in [0.4, 0.5) is 10.5 Å². The summed E-state index contributed by atoms with van der Waals surface area (Å²) < 4.78 is 5.31. The lowest BCUT2D eigenvalue weighted by Gasteiger charge is -2.22. The number of rotatable bonds is 6. The van der Waals surface area contributed by atoms with Gasteiger partial charge in [-0.2, -0.15) is 0 Å². The molecule has 146 valence electrons. The molecular weight excluding hydrogens is 384 g/mol. The molecule has 28 heavy (non-hydrogen) atoms. The third-order valence-electron chi connectivity index (χ3n) is 4.42. The fourth-order valence-electron chi connectivity index (χ4n) is 3.05. The zero-order chi connectivity index (χ0) is 20.3. The van der Waals surface area contributed by atoms with Gasteiger partial charge in [-0.25, -0.2) is 9.78 Å². The van der Waals surface area contributed by atoms with Crippen molar-refractivity contribution in [2.24, 2.45) is 0 Å². The number of hydrogen-bond donors (Lipinski definition) is 2. The summed E-state index contributed by atoms with van der Waals surface area (Å²) in [6.07, 6.45) is 1.72. The minimum Gasteiger partial charge on any atom is -0.496 e. The second kappa shape index (κ2) is 7.85. The topological polar surface area (TPSA) is 101 Å². The Morgan fingerprint density at radius 1 is 1.29 bits per heavy atom. The van der Waals surface area contributed by atoms with E-state index in [-0.39, 0.29) is 11.6 Å². The number of benzene rings is 1. The molecule has 2 heterocycles. The first-order valence-electron chi connectivity index (χ1n) is 8.50. The van der Waals surface area contributed by atoms with E-state index >= 15 is 0 Å².